The molecule has 1 aliphatic carbocycles. The number of hydrogen-bond acceptors (Lipinski definition) is 1. The van der Waals surface area contributed by atoms with Crippen molar-refractivity contribution in [1.29, 1.82) is 0 Å². The van der Waals surface area contributed by atoms with Gasteiger partial charge in [0, 0.05) is 30.5 Å². The van der Waals surface area contributed by atoms with E-state index in [0.29, 0.717) is 9.13 Å². The summed E-state index contributed by atoms with van der Waals surface area (Å²) in [6.07, 6.45) is 1.96. The van der Waals surface area contributed by atoms with E-state index in [9.17, 15) is 17.6 Å². The Morgan fingerprint density at radius 3 is 2.45 bits per heavy atom. The Morgan fingerprint density at radius 1 is 0.975 bits per heavy atom. The van der Waals surface area contributed by atoms with Crippen LogP contribution in [-0.4, -0.2) is 6.18 Å². The number of fused-ring (bicyclic) bond motifs is 1. The van der Waals surface area contributed by atoms with Gasteiger partial charge in [-0.05, 0) is 112 Å². The fourth-order valence-electron chi connectivity index (χ4n) is 4.80. The quantitative estimate of drug-likeness (QED) is 0.115. The Balaban J connectivity index is 1.24. The van der Waals surface area contributed by atoms with Gasteiger partial charge in [-0.3, -0.25) is 0 Å². The zero-order valence-corrected chi connectivity index (χ0v) is 24.7. The summed E-state index contributed by atoms with van der Waals surface area (Å²) in [7, 11) is 0. The van der Waals surface area contributed by atoms with Crippen LogP contribution in [-0.2, 0) is 6.42 Å². The maximum absolute atomic E-state index is 14.5. The number of aryl methyl sites for hydroxylation is 1. The Bertz CT molecular complexity index is 1680. The first-order chi connectivity index (χ1) is 19.2. The van der Waals surface area contributed by atoms with Gasteiger partial charge in [-0.15, -0.1) is 11.3 Å². The zero-order valence-electron chi connectivity index (χ0n) is 21.8. The summed E-state index contributed by atoms with van der Waals surface area (Å²) in [4.78, 5) is 1.25. The molecule has 1 unspecified atom stereocenters. The number of halogens is 5. The minimum absolute atomic E-state index is 0.198. The van der Waals surface area contributed by atoms with E-state index in [-0.39, 0.29) is 11.5 Å². The Morgan fingerprint density at radius 2 is 1.77 bits per heavy atom. The molecule has 0 saturated heterocycles. The molecule has 1 aromatic heterocycles. The number of rotatable bonds is 4. The Hall–Kier alpha value is -3.07. The van der Waals surface area contributed by atoms with Crippen LogP contribution in [0.2, 0.25) is 0 Å². The summed E-state index contributed by atoms with van der Waals surface area (Å²) in [6, 6.07) is 20.3. The van der Waals surface area contributed by atoms with Gasteiger partial charge in [-0.25, -0.2) is 4.39 Å². The van der Waals surface area contributed by atoms with Gasteiger partial charge in [0.1, 0.15) is 5.82 Å². The highest BCUT2D eigenvalue weighted by Gasteiger charge is 2.23. The van der Waals surface area contributed by atoms with Crippen LogP contribution < -0.4 is 0 Å². The van der Waals surface area contributed by atoms with Crippen LogP contribution in [0.25, 0.3) is 26.1 Å². The first-order valence-electron chi connectivity index (χ1n) is 13.1. The molecule has 6 heteroatoms. The van der Waals surface area contributed by atoms with Crippen molar-refractivity contribution in [2.45, 2.75) is 45.2 Å². The van der Waals surface area contributed by atoms with Crippen LogP contribution in [0.3, 0.4) is 0 Å². The molecule has 40 heavy (non-hydrogen) atoms. The molecule has 3 aromatic carbocycles. The number of hydrogen-bond donors (Lipinski definition) is 0. The minimum atomic E-state index is -4.66. The first kappa shape index (κ1) is 28.5. The van der Waals surface area contributed by atoms with Gasteiger partial charge in [0.05, 0.1) is 5.56 Å². The van der Waals surface area contributed by atoms with Crippen molar-refractivity contribution in [2.24, 2.45) is 5.92 Å². The molecule has 0 nitrogen and oxygen atoms in total. The van der Waals surface area contributed by atoms with Crippen molar-refractivity contribution in [3.05, 3.63) is 98.4 Å². The lowest BCUT2D eigenvalue weighted by Crippen LogP contribution is -2.05. The summed E-state index contributed by atoms with van der Waals surface area (Å²) in [5, 5.41) is 1.27. The van der Waals surface area contributed by atoms with Crippen molar-refractivity contribution >= 4 is 49.6 Å². The van der Waals surface area contributed by atoms with E-state index < -0.39 is 12.0 Å². The second-order valence-electron chi connectivity index (χ2n) is 9.84. The fourth-order valence-corrected chi connectivity index (χ4v) is 6.66. The maximum Gasteiger partial charge on any atom is 0.458 e. The number of thiophene rings is 1. The Kier molecular flexibility index (Phi) is 8.68. The molecule has 1 heterocycles. The molecular weight excluding hydrogens is 643 g/mol. The molecule has 0 bridgehead atoms. The molecule has 0 aliphatic heterocycles. The van der Waals surface area contributed by atoms with E-state index in [0.717, 1.165) is 49.2 Å². The van der Waals surface area contributed by atoms with Crippen molar-refractivity contribution < 1.29 is 17.6 Å². The second kappa shape index (κ2) is 12.2. The molecule has 0 radical (unpaired) electrons. The topological polar surface area (TPSA) is 0 Å². The van der Waals surface area contributed by atoms with E-state index in [1.807, 2.05) is 39.8 Å². The lowest BCUT2D eigenvalue weighted by Gasteiger charge is -2.18. The van der Waals surface area contributed by atoms with Crippen LogP contribution in [0, 0.1) is 39.0 Å². The molecule has 202 valence electrons. The van der Waals surface area contributed by atoms with Crippen molar-refractivity contribution in [3.63, 3.8) is 0 Å². The minimum Gasteiger partial charge on any atom is -0.206 e. The van der Waals surface area contributed by atoms with Crippen LogP contribution in [0.4, 0.5) is 17.6 Å². The van der Waals surface area contributed by atoms with Crippen LogP contribution in [0.1, 0.15) is 54.9 Å². The summed E-state index contributed by atoms with van der Waals surface area (Å²) >= 11 is 3.66. The van der Waals surface area contributed by atoms with Crippen molar-refractivity contribution in [3.8, 4) is 34.1 Å². The lowest BCUT2D eigenvalue weighted by atomic mass is 9.86. The van der Waals surface area contributed by atoms with E-state index in [1.54, 1.807) is 6.07 Å². The van der Waals surface area contributed by atoms with Gasteiger partial charge in [0.25, 0.3) is 0 Å². The first-order valence-corrected chi connectivity index (χ1v) is 15.0. The average molecular weight is 669 g/mol. The predicted octanol–water partition coefficient (Wildman–Crippen LogP) is 10.4. The third-order valence-corrected chi connectivity index (χ3v) is 8.86. The molecule has 5 rings (SSSR count). The average Bonchev–Trinajstić information content (AvgIpc) is 3.35. The van der Waals surface area contributed by atoms with Crippen molar-refractivity contribution in [2.75, 3.05) is 0 Å². The normalized spacial score (nSPS) is 15.2. The summed E-state index contributed by atoms with van der Waals surface area (Å²) in [5.41, 5.74) is 4.99. The Labute approximate surface area is 249 Å². The van der Waals surface area contributed by atoms with Gasteiger partial charge < -0.3 is 0 Å². The number of alkyl halides is 3. The summed E-state index contributed by atoms with van der Waals surface area (Å²) in [5.74, 6) is 9.22. The fraction of sp³-hybridized carbons (Fsp3) is 0.235. The van der Waals surface area contributed by atoms with E-state index in [1.165, 1.54) is 32.2 Å². The monoisotopic (exact) mass is 668 g/mol. The van der Waals surface area contributed by atoms with Crippen LogP contribution >= 0.6 is 33.9 Å². The molecule has 4 aromatic rings. The van der Waals surface area contributed by atoms with E-state index in [2.05, 4.69) is 73.4 Å². The maximum atomic E-state index is 14.5. The SMILES string of the molecule is CCCc1ccc2cc(-c3ccc(C#CC4CC=C(c5cc(F)c(C#CC(F)(F)F)c(I)c5)CC4)cc3)sc2c1. The van der Waals surface area contributed by atoms with E-state index >= 15 is 0 Å². The summed E-state index contributed by atoms with van der Waals surface area (Å²) < 4.78 is 53.5. The van der Waals surface area contributed by atoms with Gasteiger partial charge >= 0.3 is 6.18 Å². The van der Waals surface area contributed by atoms with Gasteiger partial charge in [0.15, 0.2) is 0 Å². The molecule has 0 saturated carbocycles. The highest BCUT2D eigenvalue weighted by molar-refractivity contribution is 14.1. The molecule has 0 amide bonds. The number of allylic oxidation sites excluding steroid dienone is 2. The van der Waals surface area contributed by atoms with Crippen LogP contribution in [0.15, 0.2) is 66.7 Å². The number of benzene rings is 3. The lowest BCUT2D eigenvalue weighted by molar-refractivity contribution is -0.0696. The summed E-state index contributed by atoms with van der Waals surface area (Å²) in [6.45, 7) is 2.20. The van der Waals surface area contributed by atoms with Crippen LogP contribution in [0.5, 0.6) is 0 Å². The molecule has 0 fully saturated rings. The largest absolute Gasteiger partial charge is 0.458 e. The van der Waals surface area contributed by atoms with Gasteiger partial charge in [0.2, 0.25) is 0 Å². The third kappa shape index (κ3) is 6.97. The smallest absolute Gasteiger partial charge is 0.206 e. The molecular formula is C34H25F4IS. The van der Waals surface area contributed by atoms with E-state index in [4.69, 9.17) is 0 Å². The molecule has 1 aliphatic rings. The van der Waals surface area contributed by atoms with Crippen molar-refractivity contribution in [1.82, 2.24) is 0 Å². The zero-order chi connectivity index (χ0) is 28.3. The second-order valence-corrected chi connectivity index (χ2v) is 12.1. The van der Waals surface area contributed by atoms with Gasteiger partial charge in [-0.2, -0.15) is 13.2 Å². The third-order valence-electron chi connectivity index (χ3n) is 6.87. The highest BCUT2D eigenvalue weighted by atomic mass is 127. The highest BCUT2D eigenvalue weighted by Crippen LogP contribution is 2.35. The molecule has 0 N–H and O–H groups in total. The predicted molar refractivity (Wildman–Crippen MR) is 166 cm³/mol. The molecule has 0 spiro atoms. The van der Waals surface area contributed by atoms with Gasteiger partial charge in [-0.1, -0.05) is 61.4 Å². The standard InChI is InChI=1S/C34H25F4IS/c1-2-3-24-10-15-27-21-33(40-32(27)18-24)26-13-8-23(9-14-26)5-4-22-6-11-25(12-7-22)28-19-30(35)29(31(39)20-28)16-17-34(36,37)38/h8-11,13-15,18-22H,2-3,6-7,12H2,1H3. The molecule has 1 atom stereocenters.